The van der Waals surface area contributed by atoms with Crippen molar-refractivity contribution in [3.63, 3.8) is 0 Å². The largest absolute Gasteiger partial charge is 0.487 e. The molecule has 0 bridgehead atoms. The second kappa shape index (κ2) is 12.5. The van der Waals surface area contributed by atoms with Gasteiger partial charge in [0.25, 0.3) is 0 Å². The first-order valence-electron chi connectivity index (χ1n) is 12.0. The number of nitrogens with one attached hydrogen (secondary N) is 2. The van der Waals surface area contributed by atoms with Crippen molar-refractivity contribution in [1.82, 2.24) is 9.97 Å². The van der Waals surface area contributed by atoms with Crippen molar-refractivity contribution in [2.45, 2.75) is 13.2 Å². The summed E-state index contributed by atoms with van der Waals surface area (Å²) in [5, 5.41) is 6.78. The Labute approximate surface area is 235 Å². The zero-order valence-corrected chi connectivity index (χ0v) is 22.1. The molecule has 5 rings (SSSR count). The van der Waals surface area contributed by atoms with E-state index < -0.39 is 5.82 Å². The Kier molecular flexibility index (Phi) is 8.41. The predicted octanol–water partition coefficient (Wildman–Crippen LogP) is 8.57. The molecular formula is C30H23Cl2FN4O2. The summed E-state index contributed by atoms with van der Waals surface area (Å²) in [6.07, 6.45) is 1.08. The van der Waals surface area contributed by atoms with E-state index in [2.05, 4.69) is 20.6 Å². The van der Waals surface area contributed by atoms with Crippen LogP contribution in [0.25, 0.3) is 0 Å². The maximum Gasteiger partial charge on any atom is 0.229 e. The van der Waals surface area contributed by atoms with Gasteiger partial charge in [0.1, 0.15) is 24.7 Å². The van der Waals surface area contributed by atoms with Gasteiger partial charge in [-0.3, -0.25) is 0 Å². The number of rotatable bonds is 10. The van der Waals surface area contributed by atoms with E-state index in [1.54, 1.807) is 36.4 Å². The van der Waals surface area contributed by atoms with Crippen LogP contribution in [0.5, 0.6) is 11.5 Å². The fourth-order valence-electron chi connectivity index (χ4n) is 3.64. The highest BCUT2D eigenvalue weighted by molar-refractivity contribution is 6.32. The van der Waals surface area contributed by atoms with Gasteiger partial charge >= 0.3 is 0 Å². The molecule has 196 valence electrons. The van der Waals surface area contributed by atoms with E-state index in [0.717, 1.165) is 17.3 Å². The van der Waals surface area contributed by atoms with Crippen LogP contribution >= 0.6 is 23.2 Å². The normalized spacial score (nSPS) is 10.6. The molecule has 0 amide bonds. The smallest absolute Gasteiger partial charge is 0.229 e. The van der Waals surface area contributed by atoms with E-state index in [0.29, 0.717) is 46.1 Å². The number of ether oxygens (including phenoxy) is 2. The Balaban J connectivity index is 1.22. The van der Waals surface area contributed by atoms with Crippen molar-refractivity contribution < 1.29 is 13.9 Å². The highest BCUT2D eigenvalue weighted by Gasteiger charge is 2.11. The number of nitrogens with zero attached hydrogens (tertiary/aromatic N) is 2. The highest BCUT2D eigenvalue weighted by atomic mass is 35.5. The summed E-state index contributed by atoms with van der Waals surface area (Å²) in [6.45, 7) is 0.778. The third-order valence-corrected chi connectivity index (χ3v) is 6.19. The summed E-state index contributed by atoms with van der Waals surface area (Å²) in [6, 6.07) is 29.9. The predicted molar refractivity (Wildman–Crippen MR) is 153 cm³/mol. The Morgan fingerprint density at radius 3 is 1.69 bits per heavy atom. The molecule has 0 unspecified atom stereocenters. The summed E-state index contributed by atoms with van der Waals surface area (Å²) in [5.41, 5.74) is 3.21. The minimum absolute atomic E-state index is 0.0181. The van der Waals surface area contributed by atoms with Gasteiger partial charge in [-0.05, 0) is 47.5 Å². The Bertz CT molecular complexity index is 1560. The van der Waals surface area contributed by atoms with Crippen molar-refractivity contribution in [3.8, 4) is 11.5 Å². The van der Waals surface area contributed by atoms with Gasteiger partial charge < -0.3 is 20.1 Å². The van der Waals surface area contributed by atoms with Crippen LogP contribution in [0.2, 0.25) is 10.0 Å². The summed E-state index contributed by atoms with van der Waals surface area (Å²) >= 11 is 12.8. The molecule has 6 nitrogen and oxygen atoms in total. The molecular weight excluding hydrogens is 538 g/mol. The first kappa shape index (κ1) is 26.3. The molecule has 0 saturated heterocycles. The molecule has 0 saturated carbocycles. The van der Waals surface area contributed by atoms with E-state index >= 15 is 0 Å². The van der Waals surface area contributed by atoms with Gasteiger partial charge in [-0.25, -0.2) is 9.37 Å². The van der Waals surface area contributed by atoms with Crippen LogP contribution in [0, 0.1) is 5.82 Å². The summed E-state index contributed by atoms with van der Waals surface area (Å²) in [4.78, 5) is 8.29. The van der Waals surface area contributed by atoms with Crippen molar-refractivity contribution >= 4 is 46.3 Å². The van der Waals surface area contributed by atoms with Crippen LogP contribution in [0.4, 0.5) is 27.5 Å². The lowest BCUT2D eigenvalue weighted by molar-refractivity contribution is 0.306. The fourth-order valence-corrected chi connectivity index (χ4v) is 4.11. The van der Waals surface area contributed by atoms with Gasteiger partial charge in [-0.15, -0.1) is 0 Å². The zero-order valence-electron chi connectivity index (χ0n) is 20.6. The number of hydrogen-bond donors (Lipinski definition) is 2. The summed E-state index contributed by atoms with van der Waals surface area (Å²) in [7, 11) is 0. The molecule has 0 spiro atoms. The molecule has 4 aromatic carbocycles. The molecule has 0 aliphatic rings. The first-order valence-corrected chi connectivity index (χ1v) is 12.8. The van der Waals surface area contributed by atoms with Crippen molar-refractivity contribution in [2.24, 2.45) is 0 Å². The quantitative estimate of drug-likeness (QED) is 0.178. The molecule has 1 aromatic heterocycles. The van der Waals surface area contributed by atoms with E-state index in [1.807, 2.05) is 60.7 Å². The number of benzene rings is 4. The van der Waals surface area contributed by atoms with Gasteiger partial charge in [0.05, 0.1) is 16.2 Å². The van der Waals surface area contributed by atoms with Crippen LogP contribution in [0.15, 0.2) is 103 Å². The average molecular weight is 561 g/mol. The molecule has 0 aliphatic carbocycles. The molecule has 9 heteroatoms. The van der Waals surface area contributed by atoms with Crippen LogP contribution in [0.1, 0.15) is 11.1 Å². The molecule has 1 heterocycles. The second-order valence-corrected chi connectivity index (χ2v) is 9.29. The molecule has 0 fully saturated rings. The lowest BCUT2D eigenvalue weighted by Gasteiger charge is -2.13. The highest BCUT2D eigenvalue weighted by Crippen LogP contribution is 2.32. The maximum atomic E-state index is 14.5. The first-order chi connectivity index (χ1) is 19.0. The van der Waals surface area contributed by atoms with Gasteiger partial charge in [0, 0.05) is 11.4 Å². The third kappa shape index (κ3) is 7.16. The van der Waals surface area contributed by atoms with E-state index in [4.69, 9.17) is 32.7 Å². The number of anilines is 4. The molecule has 5 aromatic rings. The molecule has 2 N–H and O–H groups in total. The van der Waals surface area contributed by atoms with Crippen LogP contribution in [0.3, 0.4) is 0 Å². The fraction of sp³-hybridized carbons (Fsp3) is 0.0667. The second-order valence-electron chi connectivity index (χ2n) is 8.48. The van der Waals surface area contributed by atoms with Gasteiger partial charge in [-0.1, -0.05) is 83.9 Å². The van der Waals surface area contributed by atoms with Crippen LogP contribution in [-0.2, 0) is 13.2 Å². The zero-order chi connectivity index (χ0) is 27.0. The topological polar surface area (TPSA) is 68.3 Å². The monoisotopic (exact) mass is 560 g/mol. The average Bonchev–Trinajstić information content (AvgIpc) is 2.95. The molecule has 0 atom stereocenters. The number of aromatic nitrogens is 2. The Hall–Kier alpha value is -4.33. The van der Waals surface area contributed by atoms with Gasteiger partial charge in [-0.2, -0.15) is 4.98 Å². The summed E-state index contributed by atoms with van der Waals surface area (Å²) < 4.78 is 26.1. The van der Waals surface area contributed by atoms with Crippen molar-refractivity contribution in [2.75, 3.05) is 10.6 Å². The minimum atomic E-state index is -0.622. The SMILES string of the molecule is Fc1cnc(Nc2ccc(OCc3ccccc3)c(Cl)c2)nc1Nc1ccc(OCc2ccccc2)c(Cl)c1. The number of hydrogen-bond acceptors (Lipinski definition) is 6. The third-order valence-electron chi connectivity index (χ3n) is 5.60. The minimum Gasteiger partial charge on any atom is -0.487 e. The van der Waals surface area contributed by atoms with Gasteiger partial charge in [0.2, 0.25) is 5.95 Å². The number of halogens is 3. The Morgan fingerprint density at radius 2 is 1.18 bits per heavy atom. The standard InChI is InChI=1S/C30H23Cl2FN4O2/c31-24-15-22(11-13-27(24)38-18-20-7-3-1-4-8-20)35-29-26(33)17-34-30(37-29)36-23-12-14-28(25(32)16-23)39-19-21-9-5-2-6-10-21/h1-17H,18-19H2,(H2,34,35,36,37). The molecule has 0 aliphatic heterocycles. The van der Waals surface area contributed by atoms with E-state index in [-0.39, 0.29) is 11.8 Å². The van der Waals surface area contributed by atoms with Crippen LogP contribution < -0.4 is 20.1 Å². The van der Waals surface area contributed by atoms with Crippen LogP contribution in [-0.4, -0.2) is 9.97 Å². The maximum absolute atomic E-state index is 14.5. The lowest BCUT2D eigenvalue weighted by Crippen LogP contribution is -2.04. The van der Waals surface area contributed by atoms with Crippen molar-refractivity contribution in [1.29, 1.82) is 0 Å². The molecule has 0 radical (unpaired) electrons. The van der Waals surface area contributed by atoms with E-state index in [9.17, 15) is 4.39 Å². The van der Waals surface area contributed by atoms with E-state index in [1.165, 1.54) is 0 Å². The Morgan fingerprint density at radius 1 is 0.667 bits per heavy atom. The van der Waals surface area contributed by atoms with Gasteiger partial charge in [0.15, 0.2) is 11.6 Å². The molecule has 39 heavy (non-hydrogen) atoms. The summed E-state index contributed by atoms with van der Waals surface area (Å²) in [5.74, 6) is 0.604. The lowest BCUT2D eigenvalue weighted by atomic mass is 10.2. The van der Waals surface area contributed by atoms with Crippen molar-refractivity contribution in [3.05, 3.63) is 130 Å².